The SMILES string of the molecule is CCC(=O)CCCCCCC(C)C. The van der Waals surface area contributed by atoms with Gasteiger partial charge in [0.25, 0.3) is 0 Å². The Morgan fingerprint density at radius 3 is 2.23 bits per heavy atom. The molecule has 1 nitrogen and oxygen atoms in total. The van der Waals surface area contributed by atoms with Crippen molar-refractivity contribution in [3.63, 3.8) is 0 Å². The number of ketones is 1. The molecule has 0 rings (SSSR count). The number of carbonyl (C=O) groups excluding carboxylic acids is 1. The van der Waals surface area contributed by atoms with Crippen molar-refractivity contribution in [3.05, 3.63) is 0 Å². The van der Waals surface area contributed by atoms with Gasteiger partial charge in [0.15, 0.2) is 0 Å². The fourth-order valence-corrected chi connectivity index (χ4v) is 1.41. The molecule has 0 aromatic rings. The molecule has 0 saturated heterocycles. The van der Waals surface area contributed by atoms with E-state index in [1.54, 1.807) is 0 Å². The van der Waals surface area contributed by atoms with Gasteiger partial charge in [0, 0.05) is 12.8 Å². The first-order valence-electron chi connectivity index (χ1n) is 5.68. The van der Waals surface area contributed by atoms with Crippen molar-refractivity contribution in [1.29, 1.82) is 0 Å². The predicted molar refractivity (Wildman–Crippen MR) is 57.8 cm³/mol. The Labute approximate surface area is 82.9 Å². The first-order chi connectivity index (χ1) is 6.16. The van der Waals surface area contributed by atoms with Crippen molar-refractivity contribution >= 4 is 5.78 Å². The van der Waals surface area contributed by atoms with Crippen LogP contribution in [0, 0.1) is 5.92 Å². The molecule has 0 saturated carbocycles. The first kappa shape index (κ1) is 12.7. The third kappa shape index (κ3) is 9.59. The molecule has 0 unspecified atom stereocenters. The summed E-state index contributed by atoms with van der Waals surface area (Å²) in [6.07, 6.45) is 7.82. The van der Waals surface area contributed by atoms with Crippen molar-refractivity contribution in [3.8, 4) is 0 Å². The van der Waals surface area contributed by atoms with Crippen LogP contribution < -0.4 is 0 Å². The molecule has 0 spiro atoms. The van der Waals surface area contributed by atoms with Gasteiger partial charge in [-0.05, 0) is 12.3 Å². The Balaban J connectivity index is 3.04. The normalized spacial score (nSPS) is 10.8. The Morgan fingerprint density at radius 2 is 1.69 bits per heavy atom. The molecule has 0 aliphatic heterocycles. The van der Waals surface area contributed by atoms with E-state index in [0.29, 0.717) is 12.2 Å². The Kier molecular flexibility index (Phi) is 8.07. The molecule has 0 N–H and O–H groups in total. The lowest BCUT2D eigenvalue weighted by atomic mass is 10.0. The summed E-state index contributed by atoms with van der Waals surface area (Å²) >= 11 is 0. The summed E-state index contributed by atoms with van der Waals surface area (Å²) in [7, 11) is 0. The monoisotopic (exact) mass is 184 g/mol. The summed E-state index contributed by atoms with van der Waals surface area (Å²) < 4.78 is 0. The molecule has 78 valence electrons. The third-order valence-corrected chi connectivity index (χ3v) is 2.38. The maximum Gasteiger partial charge on any atom is 0.132 e. The van der Waals surface area contributed by atoms with Crippen molar-refractivity contribution in [2.45, 2.75) is 65.7 Å². The third-order valence-electron chi connectivity index (χ3n) is 2.38. The van der Waals surface area contributed by atoms with Gasteiger partial charge in [-0.25, -0.2) is 0 Å². The molecular weight excluding hydrogens is 160 g/mol. The van der Waals surface area contributed by atoms with E-state index in [9.17, 15) is 4.79 Å². The van der Waals surface area contributed by atoms with Crippen LogP contribution in [0.15, 0.2) is 0 Å². The lowest BCUT2D eigenvalue weighted by molar-refractivity contribution is -0.118. The highest BCUT2D eigenvalue weighted by atomic mass is 16.1. The fraction of sp³-hybridized carbons (Fsp3) is 0.917. The molecule has 0 atom stereocenters. The maximum atomic E-state index is 11.0. The number of rotatable bonds is 8. The lowest BCUT2D eigenvalue weighted by Gasteiger charge is -2.03. The molecule has 0 aliphatic rings. The smallest absolute Gasteiger partial charge is 0.132 e. The van der Waals surface area contributed by atoms with Crippen molar-refractivity contribution in [2.75, 3.05) is 0 Å². The van der Waals surface area contributed by atoms with E-state index >= 15 is 0 Å². The number of carbonyl (C=O) groups is 1. The Hall–Kier alpha value is -0.330. The zero-order valence-corrected chi connectivity index (χ0v) is 9.44. The standard InChI is InChI=1S/C12H24O/c1-4-12(13)10-8-6-5-7-9-11(2)3/h11H,4-10H2,1-3H3. The number of hydrogen-bond acceptors (Lipinski definition) is 1. The van der Waals surface area contributed by atoms with E-state index in [2.05, 4.69) is 13.8 Å². The molecule has 0 aromatic carbocycles. The van der Waals surface area contributed by atoms with Crippen LogP contribution >= 0.6 is 0 Å². The zero-order valence-electron chi connectivity index (χ0n) is 9.44. The molecule has 0 heterocycles. The molecule has 0 bridgehead atoms. The molecule has 0 aliphatic carbocycles. The summed E-state index contributed by atoms with van der Waals surface area (Å²) in [6, 6.07) is 0. The Morgan fingerprint density at radius 1 is 1.08 bits per heavy atom. The van der Waals surface area contributed by atoms with Gasteiger partial charge in [0.1, 0.15) is 5.78 Å². The van der Waals surface area contributed by atoms with Crippen LogP contribution in [0.25, 0.3) is 0 Å². The van der Waals surface area contributed by atoms with Crippen molar-refractivity contribution in [1.82, 2.24) is 0 Å². The minimum atomic E-state index is 0.420. The van der Waals surface area contributed by atoms with Gasteiger partial charge in [-0.15, -0.1) is 0 Å². The first-order valence-corrected chi connectivity index (χ1v) is 5.68. The summed E-state index contributed by atoms with van der Waals surface area (Å²) in [5.41, 5.74) is 0. The van der Waals surface area contributed by atoms with E-state index in [1.807, 2.05) is 6.92 Å². The van der Waals surface area contributed by atoms with Gasteiger partial charge in [-0.1, -0.05) is 46.5 Å². The molecule has 0 radical (unpaired) electrons. The highest BCUT2D eigenvalue weighted by Crippen LogP contribution is 2.10. The van der Waals surface area contributed by atoms with Crippen LogP contribution in [-0.2, 0) is 4.79 Å². The molecule has 1 heteroatoms. The molecular formula is C12H24O. The summed E-state index contributed by atoms with van der Waals surface area (Å²) in [4.78, 5) is 11.0. The number of hydrogen-bond donors (Lipinski definition) is 0. The van der Waals surface area contributed by atoms with Crippen molar-refractivity contribution < 1.29 is 4.79 Å². The number of Topliss-reactive ketones (excluding diaryl/α,β-unsaturated/α-hetero) is 1. The minimum absolute atomic E-state index is 0.420. The molecule has 0 fully saturated rings. The lowest BCUT2D eigenvalue weighted by Crippen LogP contribution is -1.94. The Bertz CT molecular complexity index is 127. The summed E-state index contributed by atoms with van der Waals surface area (Å²) in [6.45, 7) is 6.47. The summed E-state index contributed by atoms with van der Waals surface area (Å²) in [5, 5.41) is 0. The van der Waals surface area contributed by atoms with Gasteiger partial charge < -0.3 is 0 Å². The average Bonchev–Trinajstić information content (AvgIpc) is 2.10. The van der Waals surface area contributed by atoms with E-state index in [-0.39, 0.29) is 0 Å². The van der Waals surface area contributed by atoms with Crippen LogP contribution in [0.2, 0.25) is 0 Å². The van der Waals surface area contributed by atoms with Crippen LogP contribution in [0.4, 0.5) is 0 Å². The van der Waals surface area contributed by atoms with E-state index in [4.69, 9.17) is 0 Å². The van der Waals surface area contributed by atoms with Crippen LogP contribution in [0.1, 0.15) is 65.7 Å². The van der Waals surface area contributed by atoms with E-state index in [1.165, 1.54) is 25.7 Å². The van der Waals surface area contributed by atoms with E-state index in [0.717, 1.165) is 18.8 Å². The zero-order chi connectivity index (χ0) is 10.1. The minimum Gasteiger partial charge on any atom is -0.300 e. The van der Waals surface area contributed by atoms with Gasteiger partial charge in [0.2, 0.25) is 0 Å². The van der Waals surface area contributed by atoms with Crippen LogP contribution in [0.5, 0.6) is 0 Å². The maximum absolute atomic E-state index is 11.0. The quantitative estimate of drug-likeness (QED) is 0.522. The largest absolute Gasteiger partial charge is 0.300 e. The van der Waals surface area contributed by atoms with Crippen LogP contribution in [-0.4, -0.2) is 5.78 Å². The van der Waals surface area contributed by atoms with Gasteiger partial charge >= 0.3 is 0 Å². The molecule has 13 heavy (non-hydrogen) atoms. The van der Waals surface area contributed by atoms with Crippen LogP contribution in [0.3, 0.4) is 0 Å². The molecule has 0 amide bonds. The van der Waals surface area contributed by atoms with Gasteiger partial charge in [-0.2, -0.15) is 0 Å². The topological polar surface area (TPSA) is 17.1 Å². The van der Waals surface area contributed by atoms with Gasteiger partial charge in [0.05, 0.1) is 0 Å². The second-order valence-corrected chi connectivity index (χ2v) is 4.24. The predicted octanol–water partition coefficient (Wildman–Crippen LogP) is 3.96. The van der Waals surface area contributed by atoms with E-state index < -0.39 is 0 Å². The average molecular weight is 184 g/mol. The van der Waals surface area contributed by atoms with Gasteiger partial charge in [-0.3, -0.25) is 4.79 Å². The van der Waals surface area contributed by atoms with Crippen molar-refractivity contribution in [2.24, 2.45) is 5.92 Å². The second-order valence-electron chi connectivity index (χ2n) is 4.24. The number of unbranched alkanes of at least 4 members (excludes halogenated alkanes) is 3. The highest BCUT2D eigenvalue weighted by molar-refractivity contribution is 5.77. The fourth-order valence-electron chi connectivity index (χ4n) is 1.41. The highest BCUT2D eigenvalue weighted by Gasteiger charge is 1.98. The summed E-state index contributed by atoms with van der Waals surface area (Å²) in [5.74, 6) is 1.25. The second kappa shape index (κ2) is 8.28. The molecule has 0 aromatic heterocycles.